The van der Waals surface area contributed by atoms with Crippen LogP contribution in [0.1, 0.15) is 16.5 Å². The van der Waals surface area contributed by atoms with Crippen LogP contribution in [0.3, 0.4) is 0 Å². The number of nitrogens with one attached hydrogen (secondary N) is 1. The van der Waals surface area contributed by atoms with E-state index in [0.717, 1.165) is 6.26 Å². The van der Waals surface area contributed by atoms with Gasteiger partial charge in [-0.2, -0.15) is 0 Å². The molecule has 5 aromatic rings. The Labute approximate surface area is 232 Å². The summed E-state index contributed by atoms with van der Waals surface area (Å²) in [5.74, 6) is 0.219. The molecule has 0 aliphatic heterocycles. The number of sulfone groups is 1. The Morgan fingerprint density at radius 1 is 1.07 bits per heavy atom. The smallest absolute Gasteiger partial charge is 0.293 e. The summed E-state index contributed by atoms with van der Waals surface area (Å²) in [5.41, 5.74) is 1.31. The third-order valence-corrected chi connectivity index (χ3v) is 6.84. The van der Waals surface area contributed by atoms with E-state index in [2.05, 4.69) is 35.7 Å². The Kier molecular flexibility index (Phi) is 7.35. The molecular weight excluding hydrogens is 560 g/mol. The number of amides is 1. The lowest BCUT2D eigenvalue weighted by Crippen LogP contribution is -2.22. The number of halogens is 1. The van der Waals surface area contributed by atoms with Crippen molar-refractivity contribution in [2.45, 2.75) is 4.90 Å². The molecule has 0 saturated carbocycles. The van der Waals surface area contributed by atoms with Crippen LogP contribution in [-0.2, 0) is 9.84 Å². The van der Waals surface area contributed by atoms with Crippen molar-refractivity contribution in [3.63, 3.8) is 0 Å². The van der Waals surface area contributed by atoms with Gasteiger partial charge in [0.25, 0.3) is 5.91 Å². The van der Waals surface area contributed by atoms with Gasteiger partial charge in [0.15, 0.2) is 15.7 Å². The van der Waals surface area contributed by atoms with Crippen LogP contribution in [0.2, 0.25) is 5.02 Å². The highest BCUT2D eigenvalue weighted by molar-refractivity contribution is 7.90. The van der Waals surface area contributed by atoms with Crippen LogP contribution >= 0.6 is 11.6 Å². The predicted molar refractivity (Wildman–Crippen MR) is 143 cm³/mol. The van der Waals surface area contributed by atoms with Gasteiger partial charge in [0.05, 0.1) is 22.7 Å². The number of hydrogen-bond acceptors (Lipinski definition) is 11. The van der Waals surface area contributed by atoms with E-state index in [1.807, 2.05) is 0 Å². The van der Waals surface area contributed by atoms with Crippen LogP contribution in [0.25, 0.3) is 34.7 Å². The summed E-state index contributed by atoms with van der Waals surface area (Å²) in [5, 5.41) is 19.0. The first-order chi connectivity index (χ1) is 19.2. The van der Waals surface area contributed by atoms with E-state index in [-0.39, 0.29) is 34.0 Å². The Balaban J connectivity index is 1.42. The Morgan fingerprint density at radius 3 is 2.62 bits per heavy atom. The van der Waals surface area contributed by atoms with Gasteiger partial charge >= 0.3 is 0 Å². The first-order valence-corrected chi connectivity index (χ1v) is 13.7. The number of benzene rings is 1. The number of aromatic nitrogens is 7. The van der Waals surface area contributed by atoms with Gasteiger partial charge < -0.3 is 14.5 Å². The topological polar surface area (TPSA) is 168 Å². The number of ether oxygens (including phenoxy) is 1. The number of nitrogens with zero attached hydrogens (tertiary/aromatic N) is 7. The second-order valence-electron chi connectivity index (χ2n) is 8.12. The summed E-state index contributed by atoms with van der Waals surface area (Å²) in [6.07, 6.45) is 6.57. The van der Waals surface area contributed by atoms with Crippen LogP contribution in [0.4, 0.5) is 0 Å². The molecule has 1 N–H and O–H groups in total. The highest BCUT2D eigenvalue weighted by atomic mass is 35.5. The molecule has 202 valence electrons. The highest BCUT2D eigenvalue weighted by Crippen LogP contribution is 2.27. The standard InChI is InChI=1S/C25H19ClN8O5S/c1-38-21-13-15(9-11-27-21)25-33-30-20(39-25)10-12-28-24(35)23-32-31-22(34(23)19-6-4-3-5-17(19)26)18-8-7-16(14-29-18)40(2,36)37/h3-14H,1-2H3,(H,28,35)/b12-10+. The lowest BCUT2D eigenvalue weighted by molar-refractivity contribution is 0.0958. The Bertz CT molecular complexity index is 1830. The van der Waals surface area contributed by atoms with E-state index in [4.69, 9.17) is 20.8 Å². The molecule has 1 aromatic carbocycles. The monoisotopic (exact) mass is 578 g/mol. The van der Waals surface area contributed by atoms with Gasteiger partial charge in [-0.1, -0.05) is 23.7 Å². The van der Waals surface area contributed by atoms with Crippen LogP contribution in [0.15, 0.2) is 76.4 Å². The number of carbonyl (C=O) groups excluding carboxylic acids is 1. The number of pyridine rings is 2. The van der Waals surface area contributed by atoms with Crippen LogP contribution in [-0.4, -0.2) is 62.6 Å². The van der Waals surface area contributed by atoms with Crippen molar-refractivity contribution < 1.29 is 22.4 Å². The maximum Gasteiger partial charge on any atom is 0.293 e. The van der Waals surface area contributed by atoms with Gasteiger partial charge in [0.1, 0.15) is 5.69 Å². The van der Waals surface area contributed by atoms with Crippen molar-refractivity contribution in [2.75, 3.05) is 13.4 Å². The first-order valence-electron chi connectivity index (χ1n) is 11.4. The zero-order chi connectivity index (χ0) is 28.3. The molecule has 0 aliphatic carbocycles. The molecule has 5 rings (SSSR count). The minimum Gasteiger partial charge on any atom is -0.481 e. The zero-order valence-electron chi connectivity index (χ0n) is 20.9. The fourth-order valence-corrected chi connectivity index (χ4v) is 4.30. The van der Waals surface area contributed by atoms with Gasteiger partial charge in [0, 0.05) is 42.6 Å². The molecule has 0 spiro atoms. The highest BCUT2D eigenvalue weighted by Gasteiger charge is 2.23. The van der Waals surface area contributed by atoms with E-state index in [1.54, 1.807) is 42.6 Å². The van der Waals surface area contributed by atoms with Gasteiger partial charge in [0.2, 0.25) is 23.5 Å². The molecule has 1 amide bonds. The number of methoxy groups -OCH3 is 1. The van der Waals surface area contributed by atoms with Gasteiger partial charge in [-0.25, -0.2) is 13.4 Å². The molecule has 0 radical (unpaired) electrons. The van der Waals surface area contributed by atoms with Crippen LogP contribution in [0.5, 0.6) is 5.88 Å². The SMILES string of the molecule is COc1cc(-c2nnc(/C=C/NC(=O)c3nnc(-c4ccc(S(C)(=O)=O)cn4)n3-c3ccccc3Cl)o2)ccn1. The van der Waals surface area contributed by atoms with Gasteiger partial charge in [-0.15, -0.1) is 20.4 Å². The predicted octanol–water partition coefficient (Wildman–Crippen LogP) is 3.24. The summed E-state index contributed by atoms with van der Waals surface area (Å²) >= 11 is 6.43. The van der Waals surface area contributed by atoms with Gasteiger partial charge in [-0.3, -0.25) is 14.3 Å². The summed E-state index contributed by atoms with van der Waals surface area (Å²) in [4.78, 5) is 21.4. The van der Waals surface area contributed by atoms with Crippen molar-refractivity contribution in [1.29, 1.82) is 0 Å². The molecule has 13 nitrogen and oxygen atoms in total. The Morgan fingerprint density at radius 2 is 1.90 bits per heavy atom. The molecule has 0 saturated heterocycles. The maximum absolute atomic E-state index is 13.2. The zero-order valence-corrected chi connectivity index (χ0v) is 22.5. The number of rotatable bonds is 8. The van der Waals surface area contributed by atoms with Crippen molar-refractivity contribution in [3.8, 4) is 34.5 Å². The molecule has 4 heterocycles. The lowest BCUT2D eigenvalue weighted by atomic mass is 10.2. The van der Waals surface area contributed by atoms with E-state index in [9.17, 15) is 13.2 Å². The van der Waals surface area contributed by atoms with Crippen molar-refractivity contribution >= 4 is 33.4 Å². The molecule has 40 heavy (non-hydrogen) atoms. The average molecular weight is 579 g/mol. The second kappa shape index (κ2) is 11.0. The fraction of sp³-hybridized carbons (Fsp3) is 0.0800. The van der Waals surface area contributed by atoms with Crippen molar-refractivity contribution in [1.82, 2.24) is 40.2 Å². The molecule has 0 atom stereocenters. The number of hydrogen-bond donors (Lipinski definition) is 1. The van der Waals surface area contributed by atoms with Crippen LogP contribution in [0, 0.1) is 0 Å². The molecular formula is C25H19ClN8O5S. The molecule has 15 heteroatoms. The summed E-state index contributed by atoms with van der Waals surface area (Å²) in [7, 11) is -1.96. The molecule has 0 fully saturated rings. The van der Waals surface area contributed by atoms with Crippen LogP contribution < -0.4 is 10.1 Å². The molecule has 4 aromatic heterocycles. The number of para-hydroxylation sites is 1. The first kappa shape index (κ1) is 26.6. The average Bonchev–Trinajstić information content (AvgIpc) is 3.61. The molecule has 0 bridgehead atoms. The van der Waals surface area contributed by atoms with Gasteiger partial charge in [-0.05, 0) is 30.3 Å². The lowest BCUT2D eigenvalue weighted by Gasteiger charge is -2.11. The largest absolute Gasteiger partial charge is 0.481 e. The van der Waals surface area contributed by atoms with E-state index in [1.165, 1.54) is 42.3 Å². The Hall–Kier alpha value is -4.95. The van der Waals surface area contributed by atoms with Crippen molar-refractivity contribution in [2.24, 2.45) is 0 Å². The third-order valence-electron chi connectivity index (χ3n) is 5.42. The number of carbonyl (C=O) groups is 1. The summed E-state index contributed by atoms with van der Waals surface area (Å²) in [6.45, 7) is 0. The second-order valence-corrected chi connectivity index (χ2v) is 10.5. The van der Waals surface area contributed by atoms with Crippen molar-refractivity contribution in [3.05, 3.63) is 83.9 Å². The minimum absolute atomic E-state index is 0.0374. The minimum atomic E-state index is -3.45. The summed E-state index contributed by atoms with van der Waals surface area (Å²) in [6, 6.07) is 13.0. The maximum atomic E-state index is 13.2. The van der Waals surface area contributed by atoms with E-state index in [0.29, 0.717) is 22.2 Å². The summed E-state index contributed by atoms with van der Waals surface area (Å²) < 4.78 is 35.8. The van der Waals surface area contributed by atoms with E-state index < -0.39 is 15.7 Å². The fourth-order valence-electron chi connectivity index (χ4n) is 3.52. The normalized spacial score (nSPS) is 11.6. The van der Waals surface area contributed by atoms with E-state index >= 15 is 0 Å². The molecule has 0 unspecified atom stereocenters. The third kappa shape index (κ3) is 5.57. The molecule has 0 aliphatic rings. The quantitative estimate of drug-likeness (QED) is 0.287.